The highest BCUT2D eigenvalue weighted by molar-refractivity contribution is 6.33. The van der Waals surface area contributed by atoms with Crippen molar-refractivity contribution < 1.29 is 9.53 Å². The Balaban J connectivity index is 1.90. The molecule has 23 heavy (non-hydrogen) atoms. The quantitative estimate of drug-likeness (QED) is 0.639. The molecular formula is C18H19ClN2O2. The predicted octanol–water partition coefficient (Wildman–Crippen LogP) is 4.14. The average Bonchev–Trinajstić information content (AvgIpc) is 2.54. The van der Waals surface area contributed by atoms with Crippen LogP contribution in [0.1, 0.15) is 29.8 Å². The molecule has 0 saturated carbocycles. The molecule has 0 radical (unpaired) electrons. The Morgan fingerprint density at radius 2 is 1.91 bits per heavy atom. The first-order valence-corrected chi connectivity index (χ1v) is 7.75. The van der Waals surface area contributed by atoms with Crippen LogP contribution in [0.2, 0.25) is 5.02 Å². The van der Waals surface area contributed by atoms with E-state index in [0.717, 1.165) is 11.3 Å². The molecule has 2 rings (SSSR count). The molecule has 0 fully saturated rings. The predicted molar refractivity (Wildman–Crippen MR) is 93.3 cm³/mol. The fraction of sp³-hybridized carbons (Fsp3) is 0.222. The second-order valence-electron chi connectivity index (χ2n) is 5.45. The number of rotatable bonds is 6. The van der Waals surface area contributed by atoms with Crippen LogP contribution in [0.4, 0.5) is 0 Å². The summed E-state index contributed by atoms with van der Waals surface area (Å²) >= 11 is 5.96. The van der Waals surface area contributed by atoms with E-state index in [4.69, 9.17) is 16.3 Å². The molecule has 2 aromatic rings. The number of benzene rings is 2. The summed E-state index contributed by atoms with van der Waals surface area (Å²) in [5.41, 5.74) is 3.71. The van der Waals surface area contributed by atoms with Crippen molar-refractivity contribution >= 4 is 23.7 Å². The zero-order valence-corrected chi connectivity index (χ0v) is 13.9. The lowest BCUT2D eigenvalue weighted by atomic mass is 10.2. The van der Waals surface area contributed by atoms with E-state index in [9.17, 15) is 4.79 Å². The van der Waals surface area contributed by atoms with Gasteiger partial charge in [0.25, 0.3) is 5.91 Å². The number of ether oxygens (including phenoxy) is 1. The zero-order valence-electron chi connectivity index (χ0n) is 13.1. The molecular weight excluding hydrogens is 312 g/mol. The van der Waals surface area contributed by atoms with Crippen LogP contribution in [0.5, 0.6) is 5.75 Å². The first-order chi connectivity index (χ1) is 11.1. The van der Waals surface area contributed by atoms with Crippen molar-refractivity contribution in [2.45, 2.75) is 13.8 Å². The molecule has 5 heteroatoms. The number of halogens is 1. The lowest BCUT2D eigenvalue weighted by Gasteiger charge is -2.08. The summed E-state index contributed by atoms with van der Waals surface area (Å²) in [5, 5.41) is 4.33. The van der Waals surface area contributed by atoms with Crippen LogP contribution in [0.15, 0.2) is 53.6 Å². The number of nitrogens with one attached hydrogen (secondary N) is 1. The van der Waals surface area contributed by atoms with Crippen molar-refractivity contribution in [1.82, 2.24) is 5.43 Å². The summed E-state index contributed by atoms with van der Waals surface area (Å²) in [6, 6.07) is 14.3. The Bertz CT molecular complexity index is 682. The molecule has 0 aliphatic rings. The van der Waals surface area contributed by atoms with Gasteiger partial charge in [-0.15, -0.1) is 0 Å². The normalized spacial score (nSPS) is 11.0. The Kier molecular flexibility index (Phi) is 6.18. The molecule has 1 amide bonds. The van der Waals surface area contributed by atoms with Crippen molar-refractivity contribution in [2.24, 2.45) is 11.0 Å². The highest BCUT2D eigenvalue weighted by atomic mass is 35.5. The highest BCUT2D eigenvalue weighted by Crippen LogP contribution is 2.14. The number of nitrogens with zero attached hydrogens (tertiary/aromatic N) is 1. The fourth-order valence-corrected chi connectivity index (χ4v) is 2.01. The molecule has 0 atom stereocenters. The van der Waals surface area contributed by atoms with Crippen LogP contribution in [0.25, 0.3) is 0 Å². The van der Waals surface area contributed by atoms with Gasteiger partial charge in [0.1, 0.15) is 5.75 Å². The van der Waals surface area contributed by atoms with E-state index in [1.54, 1.807) is 30.5 Å². The van der Waals surface area contributed by atoms with Crippen LogP contribution in [-0.4, -0.2) is 18.7 Å². The molecule has 120 valence electrons. The molecule has 0 bridgehead atoms. The molecule has 0 unspecified atom stereocenters. The van der Waals surface area contributed by atoms with Crippen LogP contribution in [0.3, 0.4) is 0 Å². The van der Waals surface area contributed by atoms with Gasteiger partial charge in [-0.1, -0.05) is 37.6 Å². The van der Waals surface area contributed by atoms with Crippen molar-refractivity contribution in [1.29, 1.82) is 0 Å². The van der Waals surface area contributed by atoms with E-state index in [1.807, 2.05) is 24.3 Å². The summed E-state index contributed by atoms with van der Waals surface area (Å²) in [6.45, 7) is 4.88. The molecule has 2 aromatic carbocycles. The van der Waals surface area contributed by atoms with Crippen LogP contribution in [-0.2, 0) is 0 Å². The molecule has 0 saturated heterocycles. The largest absolute Gasteiger partial charge is 0.493 e. The van der Waals surface area contributed by atoms with Gasteiger partial charge < -0.3 is 4.74 Å². The SMILES string of the molecule is CC(C)COc1ccc(C=NNC(=O)c2ccccc2Cl)cc1. The summed E-state index contributed by atoms with van der Waals surface area (Å²) in [5.74, 6) is 0.955. The molecule has 0 aliphatic heterocycles. The van der Waals surface area contributed by atoms with Gasteiger partial charge in [-0.2, -0.15) is 5.10 Å². The topological polar surface area (TPSA) is 50.7 Å². The number of hydrogen-bond acceptors (Lipinski definition) is 3. The molecule has 0 aliphatic carbocycles. The van der Waals surface area contributed by atoms with E-state index < -0.39 is 0 Å². The van der Waals surface area contributed by atoms with Gasteiger partial charge in [-0.3, -0.25) is 4.79 Å². The minimum Gasteiger partial charge on any atom is -0.493 e. The van der Waals surface area contributed by atoms with Gasteiger partial charge in [-0.05, 0) is 47.9 Å². The minimum atomic E-state index is -0.344. The van der Waals surface area contributed by atoms with E-state index in [2.05, 4.69) is 24.4 Å². The van der Waals surface area contributed by atoms with Crippen LogP contribution < -0.4 is 10.2 Å². The van der Waals surface area contributed by atoms with E-state index in [0.29, 0.717) is 23.1 Å². The standard InChI is InChI=1S/C18H19ClN2O2/c1-13(2)12-23-15-9-7-14(8-10-15)11-20-21-18(22)16-5-3-4-6-17(16)19/h3-11,13H,12H2,1-2H3,(H,21,22). The lowest BCUT2D eigenvalue weighted by Crippen LogP contribution is -2.17. The number of carbonyl (C=O) groups is 1. The van der Waals surface area contributed by atoms with Gasteiger partial charge >= 0.3 is 0 Å². The third-order valence-electron chi connectivity index (χ3n) is 2.96. The summed E-state index contributed by atoms with van der Waals surface area (Å²) < 4.78 is 5.61. The first-order valence-electron chi connectivity index (χ1n) is 7.37. The summed E-state index contributed by atoms with van der Waals surface area (Å²) in [7, 11) is 0. The molecule has 0 spiro atoms. The maximum absolute atomic E-state index is 11.9. The van der Waals surface area contributed by atoms with E-state index >= 15 is 0 Å². The third-order valence-corrected chi connectivity index (χ3v) is 3.29. The molecule has 1 N–H and O–H groups in total. The Labute approximate surface area is 141 Å². The summed E-state index contributed by atoms with van der Waals surface area (Å²) in [6.07, 6.45) is 1.57. The van der Waals surface area contributed by atoms with Crippen LogP contribution >= 0.6 is 11.6 Å². The maximum atomic E-state index is 11.9. The van der Waals surface area contributed by atoms with Gasteiger partial charge in [0.2, 0.25) is 0 Å². The second-order valence-corrected chi connectivity index (χ2v) is 5.86. The monoisotopic (exact) mass is 330 g/mol. The minimum absolute atomic E-state index is 0.344. The lowest BCUT2D eigenvalue weighted by molar-refractivity contribution is 0.0955. The first kappa shape index (κ1) is 17.0. The highest BCUT2D eigenvalue weighted by Gasteiger charge is 2.07. The zero-order chi connectivity index (χ0) is 16.7. The molecule has 0 aromatic heterocycles. The van der Waals surface area contributed by atoms with Gasteiger partial charge in [0, 0.05) is 0 Å². The fourth-order valence-electron chi connectivity index (χ4n) is 1.78. The third kappa shape index (κ3) is 5.42. The van der Waals surface area contributed by atoms with Crippen molar-refractivity contribution in [2.75, 3.05) is 6.61 Å². The number of amides is 1. The van der Waals surface area contributed by atoms with Gasteiger partial charge in [0.15, 0.2) is 0 Å². The van der Waals surface area contributed by atoms with Gasteiger partial charge in [0.05, 0.1) is 23.4 Å². The summed E-state index contributed by atoms with van der Waals surface area (Å²) in [4.78, 5) is 11.9. The molecule has 0 heterocycles. The van der Waals surface area contributed by atoms with Crippen molar-refractivity contribution in [3.8, 4) is 5.75 Å². The number of hydrogen-bond donors (Lipinski definition) is 1. The van der Waals surface area contributed by atoms with E-state index in [-0.39, 0.29) is 5.91 Å². The second kappa shape index (κ2) is 8.34. The van der Waals surface area contributed by atoms with Crippen LogP contribution in [0, 0.1) is 5.92 Å². The Morgan fingerprint density at radius 3 is 2.57 bits per heavy atom. The number of hydrazone groups is 1. The maximum Gasteiger partial charge on any atom is 0.272 e. The smallest absolute Gasteiger partial charge is 0.272 e. The number of carbonyl (C=O) groups excluding carboxylic acids is 1. The van der Waals surface area contributed by atoms with Gasteiger partial charge in [-0.25, -0.2) is 5.43 Å². The Morgan fingerprint density at radius 1 is 1.22 bits per heavy atom. The Hall–Kier alpha value is -2.33. The van der Waals surface area contributed by atoms with Crippen molar-refractivity contribution in [3.05, 3.63) is 64.7 Å². The van der Waals surface area contributed by atoms with Crippen molar-refractivity contribution in [3.63, 3.8) is 0 Å². The molecule has 4 nitrogen and oxygen atoms in total. The van der Waals surface area contributed by atoms with E-state index in [1.165, 1.54) is 0 Å². The average molecular weight is 331 g/mol.